The number of hydrogen-bond acceptors (Lipinski definition) is 3. The summed E-state index contributed by atoms with van der Waals surface area (Å²) in [7, 11) is 0. The quantitative estimate of drug-likeness (QED) is 0.766. The molecular formula is C11H12ClN3O. The van der Waals surface area contributed by atoms with E-state index in [9.17, 15) is 0 Å². The summed E-state index contributed by atoms with van der Waals surface area (Å²) in [5, 5.41) is 8.97. The van der Waals surface area contributed by atoms with E-state index in [2.05, 4.69) is 10.2 Å². The van der Waals surface area contributed by atoms with Crippen LogP contribution in [0.1, 0.15) is 31.2 Å². The first-order valence-electron chi connectivity index (χ1n) is 5.46. The Bertz CT molecular complexity index is 505. The first-order valence-corrected chi connectivity index (χ1v) is 5.84. The van der Waals surface area contributed by atoms with E-state index in [1.165, 1.54) is 6.42 Å². The SMILES string of the molecule is Clc1ccn2c(C3CCCCO3)nnc2c1. The van der Waals surface area contributed by atoms with Crippen molar-refractivity contribution in [2.24, 2.45) is 0 Å². The van der Waals surface area contributed by atoms with Crippen LogP contribution in [0.2, 0.25) is 5.02 Å². The molecule has 0 N–H and O–H groups in total. The van der Waals surface area contributed by atoms with Gasteiger partial charge in [-0.15, -0.1) is 10.2 Å². The fraction of sp³-hybridized carbons (Fsp3) is 0.455. The first kappa shape index (κ1) is 10.1. The molecule has 2 aromatic heterocycles. The lowest BCUT2D eigenvalue weighted by Crippen LogP contribution is -2.14. The van der Waals surface area contributed by atoms with Crippen LogP contribution in [0.4, 0.5) is 0 Å². The van der Waals surface area contributed by atoms with E-state index in [4.69, 9.17) is 16.3 Å². The van der Waals surface area contributed by atoms with Gasteiger partial charge in [0.25, 0.3) is 0 Å². The van der Waals surface area contributed by atoms with Crippen LogP contribution < -0.4 is 0 Å². The smallest absolute Gasteiger partial charge is 0.166 e. The minimum Gasteiger partial charge on any atom is -0.370 e. The van der Waals surface area contributed by atoms with Crippen LogP contribution in [0.5, 0.6) is 0 Å². The van der Waals surface area contributed by atoms with Gasteiger partial charge in [0.05, 0.1) is 0 Å². The molecule has 1 aliphatic rings. The average Bonchev–Trinajstić information content (AvgIpc) is 2.73. The number of nitrogens with zero attached hydrogens (tertiary/aromatic N) is 3. The monoisotopic (exact) mass is 237 g/mol. The lowest BCUT2D eigenvalue weighted by atomic mass is 10.1. The van der Waals surface area contributed by atoms with E-state index in [0.29, 0.717) is 5.02 Å². The van der Waals surface area contributed by atoms with Gasteiger partial charge in [-0.3, -0.25) is 4.40 Å². The molecule has 16 heavy (non-hydrogen) atoms. The summed E-state index contributed by atoms with van der Waals surface area (Å²) < 4.78 is 7.65. The summed E-state index contributed by atoms with van der Waals surface area (Å²) in [5.41, 5.74) is 0.775. The Balaban J connectivity index is 2.03. The number of pyridine rings is 1. The minimum absolute atomic E-state index is 0.0740. The molecule has 1 fully saturated rings. The molecule has 1 aliphatic heterocycles. The fourth-order valence-corrected chi connectivity index (χ4v) is 2.20. The predicted octanol–water partition coefficient (Wildman–Crippen LogP) is 2.62. The van der Waals surface area contributed by atoms with Crippen LogP contribution >= 0.6 is 11.6 Å². The zero-order valence-corrected chi connectivity index (χ0v) is 9.52. The Kier molecular flexibility index (Phi) is 2.53. The molecule has 0 aromatic carbocycles. The molecule has 2 aromatic rings. The molecular weight excluding hydrogens is 226 g/mol. The van der Waals surface area contributed by atoms with Gasteiger partial charge in [-0.05, 0) is 25.3 Å². The number of rotatable bonds is 1. The Morgan fingerprint density at radius 3 is 3.12 bits per heavy atom. The van der Waals surface area contributed by atoms with Gasteiger partial charge in [-0.1, -0.05) is 11.6 Å². The topological polar surface area (TPSA) is 39.4 Å². The Morgan fingerprint density at radius 2 is 2.31 bits per heavy atom. The van der Waals surface area contributed by atoms with Gasteiger partial charge in [0, 0.05) is 23.9 Å². The lowest BCUT2D eigenvalue weighted by Gasteiger charge is -2.20. The molecule has 4 nitrogen and oxygen atoms in total. The molecule has 0 amide bonds. The number of ether oxygens (including phenoxy) is 1. The van der Waals surface area contributed by atoms with E-state index in [1.807, 2.05) is 16.7 Å². The number of halogens is 1. The predicted molar refractivity (Wildman–Crippen MR) is 60.5 cm³/mol. The molecule has 1 saturated heterocycles. The largest absolute Gasteiger partial charge is 0.370 e. The molecule has 0 aliphatic carbocycles. The number of aromatic nitrogens is 3. The number of fused-ring (bicyclic) bond motifs is 1. The van der Waals surface area contributed by atoms with Crippen molar-refractivity contribution in [3.8, 4) is 0 Å². The molecule has 0 radical (unpaired) electrons. The normalized spacial score (nSPS) is 21.4. The van der Waals surface area contributed by atoms with Gasteiger partial charge in [0.2, 0.25) is 0 Å². The maximum Gasteiger partial charge on any atom is 0.166 e. The van der Waals surface area contributed by atoms with Gasteiger partial charge in [-0.25, -0.2) is 0 Å². The van der Waals surface area contributed by atoms with E-state index in [-0.39, 0.29) is 6.10 Å². The van der Waals surface area contributed by atoms with Gasteiger partial charge in [0.15, 0.2) is 11.5 Å². The van der Waals surface area contributed by atoms with Crippen LogP contribution in [0.15, 0.2) is 18.3 Å². The van der Waals surface area contributed by atoms with Gasteiger partial charge in [-0.2, -0.15) is 0 Å². The summed E-state index contributed by atoms with van der Waals surface area (Å²) in [4.78, 5) is 0. The molecule has 1 atom stereocenters. The van der Waals surface area contributed by atoms with Gasteiger partial charge >= 0.3 is 0 Å². The van der Waals surface area contributed by atoms with E-state index in [1.54, 1.807) is 6.07 Å². The molecule has 0 spiro atoms. The van der Waals surface area contributed by atoms with Crippen LogP contribution in [-0.2, 0) is 4.74 Å². The van der Waals surface area contributed by atoms with Crippen molar-refractivity contribution in [2.45, 2.75) is 25.4 Å². The standard InChI is InChI=1S/C11H12ClN3O/c12-8-4-5-15-10(7-8)13-14-11(15)9-3-1-2-6-16-9/h4-5,7,9H,1-3,6H2. The highest BCUT2D eigenvalue weighted by Gasteiger charge is 2.21. The van der Waals surface area contributed by atoms with Crippen molar-refractivity contribution in [3.05, 3.63) is 29.2 Å². The first-order chi connectivity index (χ1) is 7.84. The second kappa shape index (κ2) is 4.03. The van der Waals surface area contributed by atoms with Crippen LogP contribution in [0.3, 0.4) is 0 Å². The summed E-state index contributed by atoms with van der Waals surface area (Å²) in [5.74, 6) is 0.881. The van der Waals surface area contributed by atoms with Crippen molar-refractivity contribution in [2.75, 3.05) is 6.61 Å². The summed E-state index contributed by atoms with van der Waals surface area (Å²) in [6.45, 7) is 0.813. The fourth-order valence-electron chi connectivity index (χ4n) is 2.05. The summed E-state index contributed by atoms with van der Waals surface area (Å²) in [6, 6.07) is 3.64. The zero-order valence-electron chi connectivity index (χ0n) is 8.77. The highest BCUT2D eigenvalue weighted by molar-refractivity contribution is 6.30. The van der Waals surface area contributed by atoms with Crippen molar-refractivity contribution in [3.63, 3.8) is 0 Å². The van der Waals surface area contributed by atoms with E-state index < -0.39 is 0 Å². The van der Waals surface area contributed by atoms with Crippen molar-refractivity contribution < 1.29 is 4.74 Å². The third-order valence-corrected chi connectivity index (χ3v) is 3.10. The highest BCUT2D eigenvalue weighted by atomic mass is 35.5. The third kappa shape index (κ3) is 1.68. The Hall–Kier alpha value is -1.13. The lowest BCUT2D eigenvalue weighted by molar-refractivity contribution is 0.00886. The van der Waals surface area contributed by atoms with Crippen molar-refractivity contribution in [1.82, 2.24) is 14.6 Å². The second-order valence-corrected chi connectivity index (χ2v) is 4.42. The number of hydrogen-bond donors (Lipinski definition) is 0. The highest BCUT2D eigenvalue weighted by Crippen LogP contribution is 2.27. The molecule has 3 rings (SSSR count). The molecule has 3 heterocycles. The van der Waals surface area contributed by atoms with Crippen LogP contribution in [-0.4, -0.2) is 21.2 Å². The Labute approximate surface area is 98.2 Å². The Morgan fingerprint density at radius 1 is 1.38 bits per heavy atom. The summed E-state index contributed by atoms with van der Waals surface area (Å²) >= 11 is 5.90. The van der Waals surface area contributed by atoms with Crippen LogP contribution in [0, 0.1) is 0 Å². The van der Waals surface area contributed by atoms with E-state index >= 15 is 0 Å². The van der Waals surface area contributed by atoms with Crippen molar-refractivity contribution in [1.29, 1.82) is 0 Å². The minimum atomic E-state index is 0.0740. The zero-order chi connectivity index (χ0) is 11.0. The third-order valence-electron chi connectivity index (χ3n) is 2.87. The average molecular weight is 238 g/mol. The second-order valence-electron chi connectivity index (χ2n) is 3.99. The molecule has 84 valence electrons. The maximum absolute atomic E-state index is 5.90. The van der Waals surface area contributed by atoms with Gasteiger partial charge < -0.3 is 4.74 Å². The van der Waals surface area contributed by atoms with E-state index in [0.717, 1.165) is 30.9 Å². The molecule has 0 saturated carbocycles. The molecule has 1 unspecified atom stereocenters. The molecule has 5 heteroatoms. The van der Waals surface area contributed by atoms with Crippen LogP contribution in [0.25, 0.3) is 5.65 Å². The van der Waals surface area contributed by atoms with Gasteiger partial charge in [0.1, 0.15) is 6.10 Å². The maximum atomic E-state index is 5.90. The van der Waals surface area contributed by atoms with Crippen molar-refractivity contribution >= 4 is 17.2 Å². The summed E-state index contributed by atoms with van der Waals surface area (Å²) in [6.07, 6.45) is 5.31. The molecule has 0 bridgehead atoms.